The normalized spacial score (nSPS) is 10.7. The summed E-state index contributed by atoms with van der Waals surface area (Å²) in [4.78, 5) is 24.1. The molecule has 2 aromatic carbocycles. The number of carbonyl (C=O) groups excluding carboxylic acids is 2. The zero-order valence-corrected chi connectivity index (χ0v) is 14.1. The van der Waals surface area contributed by atoms with E-state index in [2.05, 4.69) is 15.9 Å². The lowest BCUT2D eigenvalue weighted by molar-refractivity contribution is 0.0468. The van der Waals surface area contributed by atoms with Crippen LogP contribution < -0.4 is 0 Å². The number of ether oxygens (including phenoxy) is 1. The van der Waals surface area contributed by atoms with Crippen LogP contribution in [0.25, 0.3) is 11.0 Å². The van der Waals surface area contributed by atoms with Crippen LogP contribution in [0.15, 0.2) is 57.4 Å². The first-order chi connectivity index (χ1) is 11.0. The first-order valence-corrected chi connectivity index (χ1v) is 7.85. The summed E-state index contributed by atoms with van der Waals surface area (Å²) in [6, 6.07) is 13.7. The maximum atomic E-state index is 12.1. The van der Waals surface area contributed by atoms with Crippen molar-refractivity contribution in [2.45, 2.75) is 0 Å². The highest BCUT2D eigenvalue weighted by Gasteiger charge is 2.17. The molecule has 1 heterocycles. The van der Waals surface area contributed by atoms with Crippen molar-refractivity contribution in [3.05, 3.63) is 69.3 Å². The van der Waals surface area contributed by atoms with E-state index >= 15 is 0 Å². The predicted octanol–water partition coefficient (Wildman–Crippen LogP) is 4.89. The van der Waals surface area contributed by atoms with Gasteiger partial charge in [-0.05, 0) is 30.3 Å². The second-order valence-electron chi connectivity index (χ2n) is 4.77. The summed E-state index contributed by atoms with van der Waals surface area (Å²) in [7, 11) is 0. The summed E-state index contributed by atoms with van der Waals surface area (Å²) in [5.41, 5.74) is 0.802. The van der Waals surface area contributed by atoms with Crippen LogP contribution in [-0.2, 0) is 4.74 Å². The van der Waals surface area contributed by atoms with Gasteiger partial charge in [0.25, 0.3) is 0 Å². The molecule has 116 valence electrons. The van der Waals surface area contributed by atoms with E-state index in [0.717, 1.165) is 5.39 Å². The molecule has 0 aliphatic rings. The SMILES string of the molecule is O=C(COC(=O)c1cc(Br)ccc1Cl)c1cc2ccccc2o1. The van der Waals surface area contributed by atoms with Gasteiger partial charge in [-0.1, -0.05) is 45.7 Å². The largest absolute Gasteiger partial charge is 0.454 e. The summed E-state index contributed by atoms with van der Waals surface area (Å²) < 4.78 is 11.2. The molecule has 0 unspecified atom stereocenters. The summed E-state index contributed by atoms with van der Waals surface area (Å²) >= 11 is 9.20. The van der Waals surface area contributed by atoms with E-state index < -0.39 is 18.4 Å². The number of furan rings is 1. The van der Waals surface area contributed by atoms with Crippen molar-refractivity contribution >= 4 is 50.3 Å². The van der Waals surface area contributed by atoms with Gasteiger partial charge in [-0.3, -0.25) is 4.79 Å². The van der Waals surface area contributed by atoms with Crippen LogP contribution in [-0.4, -0.2) is 18.4 Å². The third-order valence-electron chi connectivity index (χ3n) is 3.18. The number of hydrogen-bond acceptors (Lipinski definition) is 4. The van der Waals surface area contributed by atoms with Crippen molar-refractivity contribution in [2.75, 3.05) is 6.61 Å². The molecule has 0 radical (unpaired) electrons. The number of ketones is 1. The van der Waals surface area contributed by atoms with E-state index in [1.54, 1.807) is 24.3 Å². The lowest BCUT2D eigenvalue weighted by Crippen LogP contribution is -2.14. The topological polar surface area (TPSA) is 56.5 Å². The highest BCUT2D eigenvalue weighted by molar-refractivity contribution is 9.10. The second-order valence-corrected chi connectivity index (χ2v) is 6.09. The van der Waals surface area contributed by atoms with Crippen LogP contribution in [0.4, 0.5) is 0 Å². The van der Waals surface area contributed by atoms with E-state index in [0.29, 0.717) is 10.1 Å². The maximum Gasteiger partial charge on any atom is 0.340 e. The highest BCUT2D eigenvalue weighted by Crippen LogP contribution is 2.22. The lowest BCUT2D eigenvalue weighted by atomic mass is 10.2. The molecule has 0 bridgehead atoms. The van der Waals surface area contributed by atoms with E-state index in [1.807, 2.05) is 18.2 Å². The number of fused-ring (bicyclic) bond motifs is 1. The Morgan fingerprint density at radius 1 is 1.13 bits per heavy atom. The Hall–Kier alpha value is -2.11. The number of Topliss-reactive ketones (excluding diaryl/α,β-unsaturated/α-hetero) is 1. The standard InChI is InChI=1S/C17H10BrClO4/c18-11-5-6-13(19)12(8-11)17(21)22-9-14(20)16-7-10-3-1-2-4-15(10)23-16/h1-8H,9H2. The average molecular weight is 394 g/mol. The first-order valence-electron chi connectivity index (χ1n) is 6.68. The third-order valence-corrected chi connectivity index (χ3v) is 4.01. The molecule has 4 nitrogen and oxygen atoms in total. The summed E-state index contributed by atoms with van der Waals surface area (Å²) in [5, 5.41) is 1.08. The van der Waals surface area contributed by atoms with Crippen LogP contribution >= 0.6 is 27.5 Å². The Bertz CT molecular complexity index is 867. The van der Waals surface area contributed by atoms with Gasteiger partial charge in [-0.15, -0.1) is 0 Å². The number of benzene rings is 2. The molecule has 0 aliphatic carbocycles. The molecule has 0 spiro atoms. The molecule has 0 saturated heterocycles. The number of carbonyl (C=O) groups is 2. The van der Waals surface area contributed by atoms with E-state index in [-0.39, 0.29) is 16.3 Å². The smallest absolute Gasteiger partial charge is 0.340 e. The fourth-order valence-electron chi connectivity index (χ4n) is 2.05. The van der Waals surface area contributed by atoms with Gasteiger partial charge in [-0.25, -0.2) is 4.79 Å². The molecule has 3 aromatic rings. The fourth-order valence-corrected chi connectivity index (χ4v) is 2.61. The molecule has 0 atom stereocenters. The van der Waals surface area contributed by atoms with Crippen LogP contribution in [0.3, 0.4) is 0 Å². The zero-order chi connectivity index (χ0) is 16.4. The number of hydrogen-bond donors (Lipinski definition) is 0. The fraction of sp³-hybridized carbons (Fsp3) is 0.0588. The van der Waals surface area contributed by atoms with Gasteiger partial charge >= 0.3 is 5.97 Å². The van der Waals surface area contributed by atoms with Gasteiger partial charge in [0, 0.05) is 9.86 Å². The summed E-state index contributed by atoms with van der Waals surface area (Å²) in [6.45, 7) is -0.415. The molecular formula is C17H10BrClO4. The quantitative estimate of drug-likeness (QED) is 0.468. The Kier molecular flexibility index (Phi) is 4.50. The minimum Gasteiger partial charge on any atom is -0.454 e. The molecule has 0 aliphatic heterocycles. The Morgan fingerprint density at radius 2 is 1.91 bits per heavy atom. The number of para-hydroxylation sites is 1. The minimum atomic E-state index is -0.666. The van der Waals surface area contributed by atoms with Crippen molar-refractivity contribution in [3.8, 4) is 0 Å². The van der Waals surface area contributed by atoms with Gasteiger partial charge in [0.05, 0.1) is 10.6 Å². The Morgan fingerprint density at radius 3 is 2.70 bits per heavy atom. The van der Waals surface area contributed by atoms with E-state index in [9.17, 15) is 9.59 Å². The molecule has 3 rings (SSSR count). The molecule has 0 N–H and O–H groups in total. The van der Waals surface area contributed by atoms with Crippen LogP contribution in [0.2, 0.25) is 5.02 Å². The molecule has 1 aromatic heterocycles. The molecule has 6 heteroatoms. The summed E-state index contributed by atoms with van der Waals surface area (Å²) in [6.07, 6.45) is 0. The highest BCUT2D eigenvalue weighted by atomic mass is 79.9. The van der Waals surface area contributed by atoms with Gasteiger partial charge in [-0.2, -0.15) is 0 Å². The van der Waals surface area contributed by atoms with Gasteiger partial charge in [0.1, 0.15) is 5.58 Å². The van der Waals surface area contributed by atoms with E-state index in [4.69, 9.17) is 20.8 Å². The van der Waals surface area contributed by atoms with Crippen molar-refractivity contribution < 1.29 is 18.7 Å². The van der Waals surface area contributed by atoms with Crippen LogP contribution in [0, 0.1) is 0 Å². The second kappa shape index (κ2) is 6.56. The lowest BCUT2D eigenvalue weighted by Gasteiger charge is -2.05. The van der Waals surface area contributed by atoms with Gasteiger partial charge in [0.2, 0.25) is 5.78 Å². The third kappa shape index (κ3) is 3.46. The Labute approximate surface area is 145 Å². The van der Waals surface area contributed by atoms with Crippen LogP contribution in [0.1, 0.15) is 20.9 Å². The van der Waals surface area contributed by atoms with Gasteiger partial charge < -0.3 is 9.15 Å². The number of halogens is 2. The average Bonchev–Trinajstić information content (AvgIpc) is 2.98. The number of rotatable bonds is 4. The van der Waals surface area contributed by atoms with E-state index in [1.165, 1.54) is 6.07 Å². The first kappa shape index (κ1) is 15.8. The van der Waals surface area contributed by atoms with Crippen molar-refractivity contribution in [2.24, 2.45) is 0 Å². The maximum absolute atomic E-state index is 12.1. The van der Waals surface area contributed by atoms with Crippen molar-refractivity contribution in [1.29, 1.82) is 0 Å². The molecule has 0 amide bonds. The van der Waals surface area contributed by atoms with Crippen molar-refractivity contribution in [3.63, 3.8) is 0 Å². The molecular weight excluding hydrogens is 384 g/mol. The summed E-state index contributed by atoms with van der Waals surface area (Å²) in [5.74, 6) is -0.930. The monoisotopic (exact) mass is 392 g/mol. The molecule has 0 saturated carbocycles. The number of esters is 1. The molecule has 23 heavy (non-hydrogen) atoms. The van der Waals surface area contributed by atoms with Crippen LogP contribution in [0.5, 0.6) is 0 Å². The van der Waals surface area contributed by atoms with Crippen molar-refractivity contribution in [1.82, 2.24) is 0 Å². The Balaban J connectivity index is 1.71. The van der Waals surface area contributed by atoms with Gasteiger partial charge in [0.15, 0.2) is 12.4 Å². The molecule has 0 fully saturated rings. The minimum absolute atomic E-state index is 0.152. The predicted molar refractivity (Wildman–Crippen MR) is 90.0 cm³/mol. The zero-order valence-electron chi connectivity index (χ0n) is 11.7.